The predicted octanol–water partition coefficient (Wildman–Crippen LogP) is 7.84. The van der Waals surface area contributed by atoms with Crippen molar-refractivity contribution in [3.63, 3.8) is 0 Å². The third kappa shape index (κ3) is 6.18. The molecule has 2 aromatic carbocycles. The summed E-state index contributed by atoms with van der Waals surface area (Å²) in [6, 6.07) is 7.79. The number of alkyl halides is 9. The molecule has 0 N–H and O–H groups in total. The average Bonchev–Trinajstić information content (AvgIpc) is 3.34. The first-order chi connectivity index (χ1) is 18.7. The molecule has 0 spiro atoms. The molecule has 2 aromatic rings. The second kappa shape index (κ2) is 11.4. The average molecular weight is 663 g/mol. The number of rotatable bonds is 12. The minimum atomic E-state index is -7.39. The van der Waals surface area contributed by atoms with Crippen LogP contribution in [0.2, 0.25) is 0 Å². The van der Waals surface area contributed by atoms with Crippen LogP contribution in [0.4, 0.5) is 39.5 Å². The molecular weight excluding hydrogens is 635 g/mol. The van der Waals surface area contributed by atoms with Crippen LogP contribution in [0.1, 0.15) is 45.4 Å². The van der Waals surface area contributed by atoms with Crippen molar-refractivity contribution in [3.05, 3.63) is 36.4 Å². The summed E-state index contributed by atoms with van der Waals surface area (Å²) in [5.41, 5.74) is 0. The molecule has 0 unspecified atom stereocenters. The van der Waals surface area contributed by atoms with Crippen molar-refractivity contribution < 1.29 is 60.0 Å². The Morgan fingerprint density at radius 3 is 1.88 bits per heavy atom. The van der Waals surface area contributed by atoms with E-state index < -0.39 is 53.5 Å². The second-order valence-corrected chi connectivity index (χ2v) is 16.6. The van der Waals surface area contributed by atoms with Crippen molar-refractivity contribution in [2.24, 2.45) is 0 Å². The van der Waals surface area contributed by atoms with Gasteiger partial charge in [0.25, 0.3) is 0 Å². The van der Waals surface area contributed by atoms with Crippen LogP contribution in [0.25, 0.3) is 10.8 Å². The molecule has 0 bridgehead atoms. The Hall–Kier alpha value is -1.72. The van der Waals surface area contributed by atoms with Crippen LogP contribution in [0.15, 0.2) is 46.2 Å². The van der Waals surface area contributed by atoms with Gasteiger partial charge in [0.15, 0.2) is 9.84 Å². The van der Waals surface area contributed by atoms with E-state index in [1.54, 1.807) is 0 Å². The first-order valence-electron chi connectivity index (χ1n) is 12.4. The summed E-state index contributed by atoms with van der Waals surface area (Å²) in [5.74, 6) is -15.4. The number of halogens is 9. The highest BCUT2D eigenvalue weighted by Gasteiger charge is 2.86. The van der Waals surface area contributed by atoms with Crippen LogP contribution in [0.5, 0.6) is 0 Å². The minimum Gasteiger partial charge on any atom is -0.224 e. The van der Waals surface area contributed by atoms with E-state index in [0.717, 1.165) is 19.3 Å². The summed E-state index contributed by atoms with van der Waals surface area (Å²) in [6.45, 7) is 1.97. The molecule has 41 heavy (non-hydrogen) atoms. The van der Waals surface area contributed by atoms with Gasteiger partial charge in [0, 0.05) is 16.4 Å². The molecule has 0 amide bonds. The van der Waals surface area contributed by atoms with E-state index >= 15 is 0 Å². The smallest absolute Gasteiger partial charge is 0.224 e. The summed E-state index contributed by atoms with van der Waals surface area (Å²) in [4.78, 5) is -0.0635. The van der Waals surface area contributed by atoms with Crippen LogP contribution >= 0.6 is 10.3 Å². The zero-order chi connectivity index (χ0) is 31.1. The van der Waals surface area contributed by atoms with Crippen molar-refractivity contribution in [1.82, 2.24) is 0 Å². The van der Waals surface area contributed by atoms with Gasteiger partial charge in [-0.1, -0.05) is 48.6 Å². The molecule has 1 aliphatic heterocycles. The molecule has 0 aromatic heterocycles. The first-order valence-corrected chi connectivity index (χ1v) is 17.3. The van der Waals surface area contributed by atoms with E-state index in [4.69, 9.17) is 0 Å². The van der Waals surface area contributed by atoms with Crippen molar-refractivity contribution in [1.29, 1.82) is 0 Å². The van der Waals surface area contributed by atoms with Gasteiger partial charge in [-0.15, -0.1) is 0 Å². The highest BCUT2D eigenvalue weighted by Crippen LogP contribution is 2.65. The largest absolute Gasteiger partial charge is 0.460 e. The van der Waals surface area contributed by atoms with E-state index in [2.05, 4.69) is 3.63 Å². The monoisotopic (exact) mass is 662 g/mol. The lowest BCUT2D eigenvalue weighted by Crippen LogP contribution is -2.63. The molecule has 1 fully saturated rings. The predicted molar refractivity (Wildman–Crippen MR) is 136 cm³/mol. The molecule has 1 heterocycles. The summed E-state index contributed by atoms with van der Waals surface area (Å²) in [5, 5.41) is -6.30. The maximum atomic E-state index is 14.4. The fourth-order valence-corrected chi connectivity index (χ4v) is 11.4. The number of sulfone groups is 1. The quantitative estimate of drug-likeness (QED) is 0.171. The van der Waals surface area contributed by atoms with Crippen molar-refractivity contribution in [3.8, 4) is 0 Å². The number of unbranched alkanes of at least 4 members (excludes halogenated alkanes) is 3. The number of fused-ring (bicyclic) bond motifs is 1. The molecule has 1 aliphatic rings. The molecule has 3 rings (SSSR count). The summed E-state index contributed by atoms with van der Waals surface area (Å²) >= 11 is 0. The SMILES string of the molecule is CCCCCCS(=O)(=O)c1ccc2cc(S3(OS(=O)(=O)C(F)(F)C(F)(F)C(F)(F)C(F)(F)F)CCCC3)ccc2c1. The van der Waals surface area contributed by atoms with Crippen LogP contribution in [0, 0.1) is 0 Å². The van der Waals surface area contributed by atoms with Crippen LogP contribution in [-0.2, 0) is 23.6 Å². The molecular formula is C24H27F9O5S3. The van der Waals surface area contributed by atoms with Gasteiger partial charge in [-0.2, -0.15) is 47.9 Å². The molecule has 0 saturated carbocycles. The third-order valence-corrected chi connectivity index (χ3v) is 14.1. The van der Waals surface area contributed by atoms with E-state index in [0.29, 0.717) is 17.2 Å². The van der Waals surface area contributed by atoms with E-state index in [1.807, 2.05) is 6.92 Å². The zero-order valence-corrected chi connectivity index (χ0v) is 23.9. The Labute approximate surface area is 233 Å². The van der Waals surface area contributed by atoms with Crippen molar-refractivity contribution in [2.75, 3.05) is 17.3 Å². The van der Waals surface area contributed by atoms with E-state index in [1.165, 1.54) is 36.4 Å². The number of hydrogen-bond donors (Lipinski definition) is 0. The molecule has 0 aliphatic carbocycles. The fraction of sp³-hybridized carbons (Fsp3) is 0.583. The van der Waals surface area contributed by atoms with Gasteiger partial charge in [-0.3, -0.25) is 0 Å². The van der Waals surface area contributed by atoms with Gasteiger partial charge in [0.2, 0.25) is 0 Å². The highest BCUT2D eigenvalue weighted by atomic mass is 32.3. The Morgan fingerprint density at radius 2 is 1.32 bits per heavy atom. The summed E-state index contributed by atoms with van der Waals surface area (Å²) < 4.78 is 175. The Morgan fingerprint density at radius 1 is 0.756 bits per heavy atom. The van der Waals surface area contributed by atoms with Crippen LogP contribution in [0.3, 0.4) is 0 Å². The lowest BCUT2D eigenvalue weighted by atomic mass is 10.1. The van der Waals surface area contributed by atoms with Gasteiger partial charge >= 0.3 is 33.4 Å². The summed E-state index contributed by atoms with van der Waals surface area (Å²) in [6.07, 6.45) is -3.91. The second-order valence-electron chi connectivity index (χ2n) is 9.66. The van der Waals surface area contributed by atoms with Crippen molar-refractivity contribution >= 4 is 41.0 Å². The number of benzene rings is 2. The third-order valence-electron chi connectivity index (χ3n) is 6.69. The van der Waals surface area contributed by atoms with Crippen LogP contribution < -0.4 is 0 Å². The maximum Gasteiger partial charge on any atom is 0.460 e. The molecule has 234 valence electrons. The zero-order valence-electron chi connectivity index (χ0n) is 21.5. The maximum absolute atomic E-state index is 14.4. The van der Waals surface area contributed by atoms with Crippen LogP contribution in [-0.4, -0.2) is 57.4 Å². The number of hydrogen-bond acceptors (Lipinski definition) is 5. The molecule has 0 radical (unpaired) electrons. The van der Waals surface area contributed by atoms with Crippen molar-refractivity contribution in [2.45, 2.75) is 78.5 Å². The topological polar surface area (TPSA) is 77.5 Å². The fourth-order valence-electron chi connectivity index (χ4n) is 4.31. The van der Waals surface area contributed by atoms with Gasteiger partial charge < -0.3 is 0 Å². The minimum absolute atomic E-state index is 0.00321. The molecule has 5 nitrogen and oxygen atoms in total. The van der Waals surface area contributed by atoms with Gasteiger partial charge in [0.1, 0.15) is 0 Å². The van der Waals surface area contributed by atoms with E-state index in [-0.39, 0.29) is 39.9 Å². The van der Waals surface area contributed by atoms with Gasteiger partial charge in [-0.25, -0.2) is 12.0 Å². The Balaban J connectivity index is 1.98. The van der Waals surface area contributed by atoms with Gasteiger partial charge in [-0.05, 0) is 54.3 Å². The first kappa shape index (κ1) is 33.8. The van der Waals surface area contributed by atoms with Gasteiger partial charge in [0.05, 0.1) is 10.6 Å². The summed E-state index contributed by atoms with van der Waals surface area (Å²) in [7, 11) is -14.1. The van der Waals surface area contributed by atoms with E-state index in [9.17, 15) is 56.3 Å². The lowest BCUT2D eigenvalue weighted by Gasteiger charge is -2.38. The Bertz CT molecular complexity index is 1470. The molecule has 1 saturated heterocycles. The Kier molecular flexibility index (Phi) is 9.40. The lowest BCUT2D eigenvalue weighted by molar-refractivity contribution is -0.382. The highest BCUT2D eigenvalue weighted by molar-refractivity contribution is 8.33. The molecule has 0 atom stereocenters. The molecule has 17 heteroatoms. The standard InChI is InChI=1S/C24H27F9O5S3/c1-2-3-4-5-14-40(34,35)20-11-9-17-15-19(10-8-18(17)16-20)39(12-6-7-13-39)38-41(36,37)24(32,33)22(27,28)21(25,26)23(29,30)31/h8-11,15-16H,2-7,12-14H2,1H3. The normalized spacial score (nSPS) is 18.1.